The SMILES string of the molecule is Cc1cccc(S(=O)(=O)CCCC(O)CN2CCN(CC(O)Cn3c(=O)c4c(ncn4C)n(C)c3=O)CC2)c1. The van der Waals surface area contributed by atoms with Crippen LogP contribution in [0.15, 0.2) is 45.1 Å². The normalized spacial score (nSPS) is 17.1. The highest BCUT2D eigenvalue weighted by molar-refractivity contribution is 7.91. The highest BCUT2D eigenvalue weighted by Crippen LogP contribution is 2.15. The number of aliphatic hydroxyl groups is 2. The molecule has 1 fully saturated rings. The number of aliphatic hydroxyl groups excluding tert-OH is 2. The summed E-state index contributed by atoms with van der Waals surface area (Å²) in [5.41, 5.74) is 0.522. The quantitative estimate of drug-likeness (QED) is 0.311. The first-order valence-electron chi connectivity index (χ1n) is 13.2. The molecule has 0 bridgehead atoms. The van der Waals surface area contributed by atoms with Gasteiger partial charge in [-0.1, -0.05) is 12.1 Å². The number of rotatable bonds is 11. The Balaban J connectivity index is 1.22. The summed E-state index contributed by atoms with van der Waals surface area (Å²) < 4.78 is 29.0. The van der Waals surface area contributed by atoms with Crippen molar-refractivity contribution < 1.29 is 18.6 Å². The fraction of sp³-hybridized carbons (Fsp3) is 0.577. The van der Waals surface area contributed by atoms with Gasteiger partial charge in [-0.05, 0) is 37.5 Å². The van der Waals surface area contributed by atoms with Crippen LogP contribution >= 0.6 is 0 Å². The fourth-order valence-electron chi connectivity index (χ4n) is 5.10. The number of hydrogen-bond acceptors (Lipinski definition) is 9. The van der Waals surface area contributed by atoms with Crippen molar-refractivity contribution in [2.45, 2.75) is 43.4 Å². The zero-order valence-corrected chi connectivity index (χ0v) is 23.5. The van der Waals surface area contributed by atoms with Crippen LogP contribution in [0.2, 0.25) is 0 Å². The van der Waals surface area contributed by atoms with Gasteiger partial charge in [-0.3, -0.25) is 23.7 Å². The summed E-state index contributed by atoms with van der Waals surface area (Å²) >= 11 is 0. The summed E-state index contributed by atoms with van der Waals surface area (Å²) in [6, 6.07) is 6.86. The minimum absolute atomic E-state index is 0.00109. The molecule has 214 valence electrons. The summed E-state index contributed by atoms with van der Waals surface area (Å²) in [7, 11) is -0.134. The predicted octanol–water partition coefficient (Wildman–Crippen LogP) is -0.664. The molecule has 2 atom stereocenters. The minimum atomic E-state index is -3.37. The van der Waals surface area contributed by atoms with Gasteiger partial charge in [0.15, 0.2) is 21.0 Å². The van der Waals surface area contributed by atoms with Crippen LogP contribution in [0.4, 0.5) is 0 Å². The van der Waals surface area contributed by atoms with Crippen LogP contribution in [-0.2, 0) is 30.5 Å². The Kier molecular flexibility index (Phi) is 9.07. The van der Waals surface area contributed by atoms with Crippen molar-refractivity contribution in [1.29, 1.82) is 0 Å². The van der Waals surface area contributed by atoms with Crippen LogP contribution in [-0.4, -0.2) is 104 Å². The Labute approximate surface area is 227 Å². The molecule has 0 spiro atoms. The monoisotopic (exact) mass is 562 g/mol. The predicted molar refractivity (Wildman–Crippen MR) is 148 cm³/mol. The average Bonchev–Trinajstić information content (AvgIpc) is 3.28. The molecule has 1 aliphatic heterocycles. The number of hydrogen-bond donors (Lipinski definition) is 2. The Morgan fingerprint density at radius 1 is 0.974 bits per heavy atom. The van der Waals surface area contributed by atoms with E-state index in [-0.39, 0.29) is 12.3 Å². The van der Waals surface area contributed by atoms with E-state index in [2.05, 4.69) is 14.8 Å². The Bertz CT molecular complexity index is 1520. The topological polar surface area (TPSA) is 143 Å². The largest absolute Gasteiger partial charge is 0.392 e. The smallest absolute Gasteiger partial charge is 0.332 e. The molecule has 2 N–H and O–H groups in total. The molecule has 0 radical (unpaired) electrons. The summed E-state index contributed by atoms with van der Waals surface area (Å²) in [6.45, 7) is 5.22. The van der Waals surface area contributed by atoms with E-state index in [1.165, 1.54) is 10.9 Å². The average molecular weight is 563 g/mol. The molecule has 12 nitrogen and oxygen atoms in total. The Hall–Kier alpha value is -2.84. The number of sulfone groups is 1. The van der Waals surface area contributed by atoms with Crippen LogP contribution in [0.5, 0.6) is 0 Å². The maximum absolute atomic E-state index is 12.9. The van der Waals surface area contributed by atoms with Crippen LogP contribution in [0.3, 0.4) is 0 Å². The van der Waals surface area contributed by atoms with Gasteiger partial charge in [0.05, 0.1) is 35.7 Å². The zero-order valence-electron chi connectivity index (χ0n) is 22.7. The highest BCUT2D eigenvalue weighted by Gasteiger charge is 2.23. The van der Waals surface area contributed by atoms with Gasteiger partial charge in [-0.15, -0.1) is 0 Å². The molecular formula is C26H38N6O6S. The molecule has 2 unspecified atom stereocenters. The molecule has 0 aliphatic carbocycles. The second-order valence-electron chi connectivity index (χ2n) is 10.5. The highest BCUT2D eigenvalue weighted by atomic mass is 32.2. The van der Waals surface area contributed by atoms with Gasteiger partial charge in [0.2, 0.25) is 0 Å². The van der Waals surface area contributed by atoms with Crippen molar-refractivity contribution >= 4 is 21.0 Å². The Morgan fingerprint density at radius 3 is 2.26 bits per heavy atom. The van der Waals surface area contributed by atoms with E-state index < -0.39 is 33.3 Å². The van der Waals surface area contributed by atoms with E-state index in [0.717, 1.165) is 10.1 Å². The van der Waals surface area contributed by atoms with Crippen molar-refractivity contribution in [2.24, 2.45) is 14.1 Å². The van der Waals surface area contributed by atoms with E-state index in [1.54, 1.807) is 36.9 Å². The maximum atomic E-state index is 12.9. The van der Waals surface area contributed by atoms with Crippen molar-refractivity contribution in [3.8, 4) is 0 Å². The van der Waals surface area contributed by atoms with Gasteiger partial charge in [0.25, 0.3) is 5.56 Å². The van der Waals surface area contributed by atoms with E-state index in [0.29, 0.717) is 68.2 Å². The number of imidazole rings is 1. The first kappa shape index (κ1) is 29.2. The minimum Gasteiger partial charge on any atom is -0.392 e. The van der Waals surface area contributed by atoms with E-state index in [1.807, 2.05) is 13.0 Å². The fourth-order valence-corrected chi connectivity index (χ4v) is 6.54. The molecule has 0 amide bonds. The second kappa shape index (κ2) is 12.1. The number of fused-ring (bicyclic) bond motifs is 1. The summed E-state index contributed by atoms with van der Waals surface area (Å²) in [5, 5.41) is 21.2. The number of piperazine rings is 1. The number of aryl methyl sites for hydroxylation is 3. The van der Waals surface area contributed by atoms with Gasteiger partial charge in [0.1, 0.15) is 0 Å². The van der Waals surface area contributed by atoms with E-state index in [4.69, 9.17) is 0 Å². The molecule has 2 aromatic heterocycles. The third kappa shape index (κ3) is 6.84. The lowest BCUT2D eigenvalue weighted by Crippen LogP contribution is -2.51. The number of aromatic nitrogens is 4. The Morgan fingerprint density at radius 2 is 1.62 bits per heavy atom. The lowest BCUT2D eigenvalue weighted by atomic mass is 10.2. The third-order valence-electron chi connectivity index (χ3n) is 7.30. The van der Waals surface area contributed by atoms with Crippen molar-refractivity contribution in [2.75, 3.05) is 45.0 Å². The molecule has 4 rings (SSSR count). The van der Waals surface area contributed by atoms with Gasteiger partial charge in [-0.2, -0.15) is 0 Å². The molecule has 1 aliphatic rings. The number of nitrogens with zero attached hydrogens (tertiary/aromatic N) is 6. The van der Waals surface area contributed by atoms with Crippen LogP contribution in [0.1, 0.15) is 18.4 Å². The molecule has 3 heterocycles. The second-order valence-corrected chi connectivity index (χ2v) is 12.6. The summed E-state index contributed by atoms with van der Waals surface area (Å²) in [6.07, 6.45) is 0.728. The van der Waals surface area contributed by atoms with Gasteiger partial charge in [0, 0.05) is 53.4 Å². The molecule has 13 heteroatoms. The number of β-amino-alcohol motifs (C(OH)–C–C–N with tert-alkyl or cyclic N) is 2. The van der Waals surface area contributed by atoms with Crippen LogP contribution < -0.4 is 11.2 Å². The number of benzene rings is 1. The zero-order chi connectivity index (χ0) is 28.3. The van der Waals surface area contributed by atoms with Gasteiger partial charge >= 0.3 is 5.69 Å². The molecule has 39 heavy (non-hydrogen) atoms. The van der Waals surface area contributed by atoms with Crippen molar-refractivity contribution in [1.82, 2.24) is 28.5 Å². The van der Waals surface area contributed by atoms with E-state index in [9.17, 15) is 28.2 Å². The van der Waals surface area contributed by atoms with Gasteiger partial charge in [-0.25, -0.2) is 18.2 Å². The lowest BCUT2D eigenvalue weighted by molar-refractivity contribution is 0.0417. The standard InChI is InChI=1S/C26H38N6O6S/c1-19-6-4-8-22(14-19)39(37,38)13-5-7-20(33)15-30-9-11-31(12-10-30)16-21(34)17-32-25(35)23-24(27-18-28(23)2)29(3)26(32)36/h4,6,8,14,18,20-21,33-34H,5,7,9-13,15-17H2,1-3H3. The molecule has 1 aromatic carbocycles. The summed E-state index contributed by atoms with van der Waals surface area (Å²) in [5.74, 6) is -0.00109. The third-order valence-corrected chi connectivity index (χ3v) is 9.09. The van der Waals surface area contributed by atoms with Crippen molar-refractivity contribution in [3.63, 3.8) is 0 Å². The van der Waals surface area contributed by atoms with Crippen LogP contribution in [0, 0.1) is 6.92 Å². The summed E-state index contributed by atoms with van der Waals surface area (Å²) in [4.78, 5) is 34.2. The first-order valence-corrected chi connectivity index (χ1v) is 14.8. The molecule has 1 saturated heterocycles. The lowest BCUT2D eigenvalue weighted by Gasteiger charge is -2.36. The molecular weight excluding hydrogens is 524 g/mol. The van der Waals surface area contributed by atoms with Crippen molar-refractivity contribution in [3.05, 3.63) is 57.0 Å². The van der Waals surface area contributed by atoms with Gasteiger partial charge < -0.3 is 14.8 Å². The first-order chi connectivity index (χ1) is 18.5. The molecule has 3 aromatic rings. The van der Waals surface area contributed by atoms with Crippen LogP contribution in [0.25, 0.3) is 11.2 Å². The molecule has 0 saturated carbocycles. The maximum Gasteiger partial charge on any atom is 0.332 e. The van der Waals surface area contributed by atoms with E-state index >= 15 is 0 Å².